The van der Waals surface area contributed by atoms with Crippen molar-refractivity contribution in [3.8, 4) is 0 Å². The normalized spacial score (nSPS) is 10.7. The molecule has 28 heavy (non-hydrogen) atoms. The molecule has 2 aromatic heterocycles. The molecule has 7 nitrogen and oxygen atoms in total. The van der Waals surface area contributed by atoms with Crippen LogP contribution < -0.4 is 10.6 Å². The second-order valence-corrected chi connectivity index (χ2v) is 8.38. The number of thioether (sulfide) groups is 1. The summed E-state index contributed by atoms with van der Waals surface area (Å²) in [4.78, 5) is 24.7. The maximum atomic E-state index is 13.8. The number of benzene rings is 1. The van der Waals surface area contributed by atoms with Crippen LogP contribution in [-0.2, 0) is 18.4 Å². The highest BCUT2D eigenvalue weighted by Crippen LogP contribution is 2.21. The predicted octanol–water partition coefficient (Wildman–Crippen LogP) is 3.44. The summed E-state index contributed by atoms with van der Waals surface area (Å²) in [6.07, 6.45) is 0. The van der Waals surface area contributed by atoms with Gasteiger partial charge in [0.25, 0.3) is 5.91 Å². The molecule has 0 bridgehead atoms. The highest BCUT2D eigenvalue weighted by atomic mass is 79.9. The Kier molecular flexibility index (Phi) is 6.81. The molecule has 0 spiro atoms. The van der Waals surface area contributed by atoms with Crippen LogP contribution in [0.5, 0.6) is 0 Å². The van der Waals surface area contributed by atoms with E-state index in [1.165, 1.54) is 35.2 Å². The van der Waals surface area contributed by atoms with Crippen molar-refractivity contribution in [2.24, 2.45) is 7.05 Å². The van der Waals surface area contributed by atoms with Gasteiger partial charge in [-0.3, -0.25) is 9.59 Å². The Hall–Kier alpha value is -2.24. The lowest BCUT2D eigenvalue weighted by molar-refractivity contribution is -0.113. The molecule has 1 aromatic carbocycles. The lowest BCUT2D eigenvalue weighted by Crippen LogP contribution is -2.23. The minimum absolute atomic E-state index is 0.0447. The van der Waals surface area contributed by atoms with Crippen LogP contribution in [0.3, 0.4) is 0 Å². The molecule has 0 radical (unpaired) electrons. The molecule has 0 unspecified atom stereocenters. The quantitative estimate of drug-likeness (QED) is 0.502. The Labute approximate surface area is 176 Å². The van der Waals surface area contributed by atoms with Crippen LogP contribution in [-0.4, -0.2) is 32.3 Å². The Balaban J connectivity index is 1.52. The molecule has 11 heteroatoms. The molecule has 0 atom stereocenters. The number of aromatic nitrogens is 3. The zero-order valence-electron chi connectivity index (χ0n) is 14.6. The maximum absolute atomic E-state index is 13.8. The van der Waals surface area contributed by atoms with Gasteiger partial charge in [-0.1, -0.05) is 33.8 Å². The first-order valence-corrected chi connectivity index (χ1v) is 10.7. The van der Waals surface area contributed by atoms with Gasteiger partial charge in [-0.2, -0.15) is 0 Å². The van der Waals surface area contributed by atoms with E-state index in [1.807, 2.05) is 11.4 Å². The molecule has 0 fully saturated rings. The molecule has 2 amide bonds. The van der Waals surface area contributed by atoms with Gasteiger partial charge in [-0.25, -0.2) is 4.39 Å². The number of carbonyl (C=O) groups is 2. The highest BCUT2D eigenvalue weighted by Gasteiger charge is 2.14. The molecular weight excluding hydrogens is 469 g/mol. The minimum Gasteiger partial charge on any atom is -0.344 e. The summed E-state index contributed by atoms with van der Waals surface area (Å²) >= 11 is 5.69. The number of rotatable bonds is 7. The fraction of sp³-hybridized carbons (Fsp3) is 0.176. The first-order valence-electron chi connectivity index (χ1n) is 8.01. The van der Waals surface area contributed by atoms with Crippen LogP contribution >= 0.6 is 39.0 Å². The van der Waals surface area contributed by atoms with Gasteiger partial charge in [0.15, 0.2) is 11.0 Å². The minimum atomic E-state index is -0.518. The fourth-order valence-corrected chi connectivity index (χ4v) is 3.89. The highest BCUT2D eigenvalue weighted by molar-refractivity contribution is 9.10. The molecule has 0 aliphatic carbocycles. The Morgan fingerprint density at radius 3 is 2.86 bits per heavy atom. The zero-order valence-corrected chi connectivity index (χ0v) is 17.8. The van der Waals surface area contributed by atoms with Crippen molar-refractivity contribution in [1.82, 2.24) is 20.1 Å². The van der Waals surface area contributed by atoms with Crippen molar-refractivity contribution < 1.29 is 14.0 Å². The zero-order chi connectivity index (χ0) is 20.1. The van der Waals surface area contributed by atoms with E-state index in [0.717, 1.165) is 0 Å². The average Bonchev–Trinajstić information content (AvgIpc) is 3.31. The number of hydrogen-bond donors (Lipinski definition) is 2. The summed E-state index contributed by atoms with van der Waals surface area (Å²) in [5.41, 5.74) is 0.115. The predicted molar refractivity (Wildman–Crippen MR) is 110 cm³/mol. The molecule has 0 aliphatic rings. The number of halogens is 2. The number of carbonyl (C=O) groups excluding carboxylic acids is 2. The van der Waals surface area contributed by atoms with E-state index in [-0.39, 0.29) is 29.8 Å². The first-order chi connectivity index (χ1) is 13.4. The summed E-state index contributed by atoms with van der Waals surface area (Å²) in [6, 6.07) is 7.96. The lowest BCUT2D eigenvalue weighted by Gasteiger charge is -2.07. The van der Waals surface area contributed by atoms with Crippen molar-refractivity contribution in [3.05, 3.63) is 56.7 Å². The largest absolute Gasteiger partial charge is 0.344 e. The second kappa shape index (κ2) is 9.30. The second-order valence-electron chi connectivity index (χ2n) is 5.58. The van der Waals surface area contributed by atoms with Gasteiger partial charge in [0, 0.05) is 11.5 Å². The van der Waals surface area contributed by atoms with Crippen LogP contribution in [0.4, 0.5) is 10.1 Å². The third-order valence-corrected chi connectivity index (χ3v) is 6.00. The standard InChI is InChI=1S/C17H15BrFN5O2S2/c1-24-14(8-20-16(26)13-3-2-6-27-13)22-23-17(24)28-9-15(25)21-12-5-4-10(18)7-11(12)19/h2-7H,8-9H2,1H3,(H,20,26)(H,21,25). The summed E-state index contributed by atoms with van der Waals surface area (Å²) in [6.45, 7) is 0.219. The Morgan fingerprint density at radius 1 is 1.32 bits per heavy atom. The molecule has 0 saturated heterocycles. The van der Waals surface area contributed by atoms with Gasteiger partial charge >= 0.3 is 0 Å². The number of hydrogen-bond acceptors (Lipinski definition) is 6. The Morgan fingerprint density at radius 2 is 2.14 bits per heavy atom. The molecule has 2 N–H and O–H groups in total. The van der Waals surface area contributed by atoms with Crippen molar-refractivity contribution in [3.63, 3.8) is 0 Å². The summed E-state index contributed by atoms with van der Waals surface area (Å²) < 4.78 is 16.1. The maximum Gasteiger partial charge on any atom is 0.261 e. The van der Waals surface area contributed by atoms with E-state index in [9.17, 15) is 14.0 Å². The van der Waals surface area contributed by atoms with Crippen molar-refractivity contribution >= 4 is 56.5 Å². The van der Waals surface area contributed by atoms with Crippen molar-refractivity contribution in [1.29, 1.82) is 0 Å². The van der Waals surface area contributed by atoms with E-state index >= 15 is 0 Å². The summed E-state index contributed by atoms with van der Waals surface area (Å²) in [5, 5.41) is 15.7. The van der Waals surface area contributed by atoms with Gasteiger partial charge in [-0.05, 0) is 29.6 Å². The van der Waals surface area contributed by atoms with E-state index < -0.39 is 5.82 Å². The topological polar surface area (TPSA) is 88.9 Å². The molecule has 146 valence electrons. The van der Waals surface area contributed by atoms with E-state index in [1.54, 1.807) is 23.7 Å². The first kappa shape index (κ1) is 20.5. The fourth-order valence-electron chi connectivity index (χ4n) is 2.19. The number of thiophene rings is 1. The van der Waals surface area contributed by atoms with E-state index in [4.69, 9.17) is 0 Å². The smallest absolute Gasteiger partial charge is 0.261 e. The van der Waals surface area contributed by atoms with Crippen molar-refractivity contribution in [2.75, 3.05) is 11.1 Å². The third-order valence-electron chi connectivity index (χ3n) is 3.61. The van der Waals surface area contributed by atoms with E-state index in [0.29, 0.717) is 20.3 Å². The number of nitrogens with one attached hydrogen (secondary N) is 2. The SMILES string of the molecule is Cn1c(CNC(=O)c2cccs2)nnc1SCC(=O)Nc1ccc(Br)cc1F. The number of anilines is 1. The van der Waals surface area contributed by atoms with Crippen LogP contribution in [0.1, 0.15) is 15.5 Å². The molecule has 3 rings (SSSR count). The Bertz CT molecular complexity index is 994. The van der Waals surface area contributed by atoms with Crippen LogP contribution in [0.25, 0.3) is 0 Å². The number of amides is 2. The molecular formula is C17H15BrFN5O2S2. The monoisotopic (exact) mass is 483 g/mol. The van der Waals surface area contributed by atoms with Crippen molar-refractivity contribution in [2.45, 2.75) is 11.7 Å². The average molecular weight is 484 g/mol. The molecule has 0 saturated carbocycles. The molecule has 0 aliphatic heterocycles. The van der Waals surface area contributed by atoms with Gasteiger partial charge in [0.2, 0.25) is 5.91 Å². The number of nitrogens with zero attached hydrogens (tertiary/aromatic N) is 3. The van der Waals surface area contributed by atoms with E-state index in [2.05, 4.69) is 36.8 Å². The van der Waals surface area contributed by atoms with Gasteiger partial charge < -0.3 is 15.2 Å². The molecule has 2 heterocycles. The van der Waals surface area contributed by atoms with Crippen LogP contribution in [0, 0.1) is 5.82 Å². The summed E-state index contributed by atoms with van der Waals surface area (Å²) in [7, 11) is 1.75. The van der Waals surface area contributed by atoms with Gasteiger partial charge in [0.05, 0.1) is 22.9 Å². The molecule has 3 aromatic rings. The van der Waals surface area contributed by atoms with Crippen LogP contribution in [0.2, 0.25) is 0 Å². The summed E-state index contributed by atoms with van der Waals surface area (Å²) in [5.74, 6) is -0.449. The lowest BCUT2D eigenvalue weighted by atomic mass is 10.3. The van der Waals surface area contributed by atoms with Gasteiger partial charge in [0.1, 0.15) is 5.82 Å². The van der Waals surface area contributed by atoms with Gasteiger partial charge in [-0.15, -0.1) is 21.5 Å². The van der Waals surface area contributed by atoms with Crippen LogP contribution in [0.15, 0.2) is 45.3 Å². The third kappa shape index (κ3) is 5.18.